The summed E-state index contributed by atoms with van der Waals surface area (Å²) in [4.78, 5) is 9.92. The Kier molecular flexibility index (Phi) is 8.69. The van der Waals surface area contributed by atoms with E-state index in [2.05, 4.69) is 94.5 Å². The molecule has 2 aliphatic heterocycles. The van der Waals surface area contributed by atoms with Gasteiger partial charge in [0.25, 0.3) is 0 Å². The zero-order valence-corrected chi connectivity index (χ0v) is 22.9. The molecule has 4 rings (SSSR count). The van der Waals surface area contributed by atoms with Gasteiger partial charge in [-0.3, -0.25) is 20.7 Å². The summed E-state index contributed by atoms with van der Waals surface area (Å²) in [5.74, 6) is 1.62. The number of anilines is 4. The highest BCUT2D eigenvalue weighted by Crippen LogP contribution is 2.33. The van der Waals surface area contributed by atoms with Gasteiger partial charge in [0, 0.05) is 87.9 Å². The van der Waals surface area contributed by atoms with Gasteiger partial charge in [-0.15, -0.1) is 0 Å². The number of piperazine rings is 2. The second kappa shape index (κ2) is 11.9. The van der Waals surface area contributed by atoms with Crippen molar-refractivity contribution in [2.45, 2.75) is 39.8 Å². The minimum absolute atomic E-state index is 0.598. The lowest BCUT2D eigenvalue weighted by atomic mass is 10.2. The Morgan fingerprint density at radius 3 is 1.25 bits per heavy atom. The van der Waals surface area contributed by atoms with E-state index in [0.717, 1.165) is 75.2 Å². The van der Waals surface area contributed by atoms with Crippen LogP contribution in [0, 0.1) is 0 Å². The fourth-order valence-corrected chi connectivity index (χ4v) is 5.09. The molecule has 8 heteroatoms. The summed E-state index contributed by atoms with van der Waals surface area (Å²) < 4.78 is 11.4. The van der Waals surface area contributed by atoms with Crippen LogP contribution in [0.2, 0.25) is 0 Å². The maximum Gasteiger partial charge on any atom is 0.145 e. The molecule has 0 amide bonds. The number of hydrazine groups is 1. The Morgan fingerprint density at radius 1 is 0.583 bits per heavy atom. The van der Waals surface area contributed by atoms with E-state index in [0.29, 0.717) is 12.1 Å². The van der Waals surface area contributed by atoms with Crippen molar-refractivity contribution in [3.8, 4) is 11.5 Å². The first-order chi connectivity index (χ1) is 17.4. The summed E-state index contributed by atoms with van der Waals surface area (Å²) in [5.41, 5.74) is 10.8. The maximum atomic E-state index is 5.72. The Labute approximate surface area is 217 Å². The minimum atomic E-state index is 0.598. The number of benzene rings is 2. The van der Waals surface area contributed by atoms with Gasteiger partial charge in [-0.25, -0.2) is 0 Å². The highest BCUT2D eigenvalue weighted by Gasteiger charge is 2.21. The van der Waals surface area contributed by atoms with Crippen molar-refractivity contribution in [2.75, 3.05) is 87.2 Å². The second-order valence-corrected chi connectivity index (χ2v) is 10.3. The third-order valence-electron chi connectivity index (χ3n) is 7.52. The van der Waals surface area contributed by atoms with E-state index in [1.54, 1.807) is 14.2 Å². The fourth-order valence-electron chi connectivity index (χ4n) is 5.09. The van der Waals surface area contributed by atoms with Crippen LogP contribution in [-0.4, -0.2) is 88.5 Å². The van der Waals surface area contributed by atoms with E-state index in [9.17, 15) is 0 Å². The molecule has 2 aromatic carbocycles. The topological polar surface area (TPSA) is 55.5 Å². The van der Waals surface area contributed by atoms with Gasteiger partial charge in [-0.1, -0.05) is 0 Å². The summed E-state index contributed by atoms with van der Waals surface area (Å²) in [5, 5.41) is 0. The molecule has 0 aliphatic carbocycles. The molecule has 2 aliphatic rings. The van der Waals surface area contributed by atoms with Gasteiger partial charge < -0.3 is 19.3 Å². The van der Waals surface area contributed by atoms with Crippen molar-refractivity contribution < 1.29 is 9.47 Å². The number of nitrogens with one attached hydrogen (secondary N) is 2. The molecule has 2 saturated heterocycles. The highest BCUT2D eigenvalue weighted by molar-refractivity contribution is 5.70. The van der Waals surface area contributed by atoms with E-state index < -0.39 is 0 Å². The van der Waals surface area contributed by atoms with Crippen LogP contribution < -0.4 is 30.1 Å². The predicted octanol–water partition coefficient (Wildman–Crippen LogP) is 4.20. The molecule has 0 radical (unpaired) electrons. The van der Waals surface area contributed by atoms with Crippen LogP contribution in [0.4, 0.5) is 22.7 Å². The Bertz CT molecular complexity index is 903. The predicted molar refractivity (Wildman–Crippen MR) is 151 cm³/mol. The van der Waals surface area contributed by atoms with Gasteiger partial charge in [-0.05, 0) is 52.0 Å². The summed E-state index contributed by atoms with van der Waals surface area (Å²) in [6, 6.07) is 13.9. The average molecular weight is 497 g/mol. The molecular weight excluding hydrogens is 452 g/mol. The minimum Gasteiger partial charge on any atom is -0.494 e. The van der Waals surface area contributed by atoms with E-state index in [4.69, 9.17) is 9.47 Å². The zero-order chi connectivity index (χ0) is 25.7. The number of hydrogen-bond donors (Lipinski definition) is 2. The SMILES string of the molecule is COc1cc(N2CCN(C(C)C)CC2)ccc1NNc1ccc(N2CCN(C(C)C)CC2)cc1OC. The third-order valence-corrected chi connectivity index (χ3v) is 7.52. The standard InChI is InChI=1S/C28H44N6O2/c1-21(2)31-11-15-33(16-12-31)23-7-9-25(27(19-23)35-5)29-30-26-10-8-24(20-28(26)36-6)34-17-13-32(14-18-34)22(3)4/h7-10,19-22,29-30H,11-18H2,1-6H3. The molecule has 2 N–H and O–H groups in total. The fraction of sp³-hybridized carbons (Fsp3) is 0.571. The molecular formula is C28H44N6O2. The van der Waals surface area contributed by atoms with Gasteiger partial charge in [0.05, 0.1) is 25.6 Å². The van der Waals surface area contributed by atoms with Crippen molar-refractivity contribution in [3.05, 3.63) is 36.4 Å². The molecule has 0 unspecified atom stereocenters. The van der Waals surface area contributed by atoms with Crippen LogP contribution in [0.1, 0.15) is 27.7 Å². The van der Waals surface area contributed by atoms with Gasteiger partial charge in [0.2, 0.25) is 0 Å². The van der Waals surface area contributed by atoms with Crippen LogP contribution in [0.5, 0.6) is 11.5 Å². The van der Waals surface area contributed by atoms with Crippen LogP contribution in [0.25, 0.3) is 0 Å². The van der Waals surface area contributed by atoms with E-state index in [-0.39, 0.29) is 0 Å². The molecule has 36 heavy (non-hydrogen) atoms. The van der Waals surface area contributed by atoms with Crippen LogP contribution >= 0.6 is 0 Å². The van der Waals surface area contributed by atoms with Crippen molar-refractivity contribution in [1.82, 2.24) is 9.80 Å². The molecule has 0 bridgehead atoms. The summed E-state index contributed by atoms with van der Waals surface area (Å²) in [6.45, 7) is 17.5. The summed E-state index contributed by atoms with van der Waals surface area (Å²) in [6.07, 6.45) is 0. The van der Waals surface area contributed by atoms with Crippen molar-refractivity contribution in [3.63, 3.8) is 0 Å². The lowest BCUT2D eigenvalue weighted by Crippen LogP contribution is -2.48. The zero-order valence-electron chi connectivity index (χ0n) is 22.9. The van der Waals surface area contributed by atoms with Crippen molar-refractivity contribution in [2.24, 2.45) is 0 Å². The second-order valence-electron chi connectivity index (χ2n) is 10.3. The Hall–Kier alpha value is -2.84. The van der Waals surface area contributed by atoms with Crippen molar-refractivity contribution in [1.29, 1.82) is 0 Å². The van der Waals surface area contributed by atoms with Gasteiger partial charge in [0.15, 0.2) is 0 Å². The largest absolute Gasteiger partial charge is 0.494 e. The van der Waals surface area contributed by atoms with E-state index in [1.807, 2.05) is 0 Å². The van der Waals surface area contributed by atoms with Gasteiger partial charge in [-0.2, -0.15) is 0 Å². The molecule has 8 nitrogen and oxygen atoms in total. The number of methoxy groups -OCH3 is 2. The monoisotopic (exact) mass is 496 g/mol. The number of hydrogen-bond acceptors (Lipinski definition) is 8. The average Bonchev–Trinajstić information content (AvgIpc) is 2.91. The first-order valence-corrected chi connectivity index (χ1v) is 13.3. The normalized spacial score (nSPS) is 17.6. The molecule has 0 atom stereocenters. The van der Waals surface area contributed by atoms with Gasteiger partial charge in [0.1, 0.15) is 11.5 Å². The molecule has 0 spiro atoms. The molecule has 198 valence electrons. The first kappa shape index (κ1) is 26.2. The Morgan fingerprint density at radius 2 is 0.944 bits per heavy atom. The smallest absolute Gasteiger partial charge is 0.145 e. The molecule has 2 aromatic rings. The molecule has 0 saturated carbocycles. The van der Waals surface area contributed by atoms with E-state index in [1.165, 1.54) is 11.4 Å². The number of ether oxygens (including phenoxy) is 2. The van der Waals surface area contributed by atoms with Crippen LogP contribution in [-0.2, 0) is 0 Å². The highest BCUT2D eigenvalue weighted by atomic mass is 16.5. The van der Waals surface area contributed by atoms with Crippen LogP contribution in [0.3, 0.4) is 0 Å². The number of rotatable bonds is 9. The van der Waals surface area contributed by atoms with E-state index >= 15 is 0 Å². The number of nitrogens with zero attached hydrogens (tertiary/aromatic N) is 4. The molecule has 2 fully saturated rings. The third kappa shape index (κ3) is 6.10. The summed E-state index contributed by atoms with van der Waals surface area (Å²) >= 11 is 0. The Balaban J connectivity index is 1.39. The quantitative estimate of drug-likeness (QED) is 0.501. The summed E-state index contributed by atoms with van der Waals surface area (Å²) in [7, 11) is 3.44. The molecule has 2 heterocycles. The maximum absolute atomic E-state index is 5.72. The van der Waals surface area contributed by atoms with Gasteiger partial charge >= 0.3 is 0 Å². The molecule has 0 aromatic heterocycles. The van der Waals surface area contributed by atoms with Crippen LogP contribution in [0.15, 0.2) is 36.4 Å². The van der Waals surface area contributed by atoms with Crippen molar-refractivity contribution >= 4 is 22.7 Å². The first-order valence-electron chi connectivity index (χ1n) is 13.3. The lowest BCUT2D eigenvalue weighted by Gasteiger charge is -2.38. The lowest BCUT2D eigenvalue weighted by molar-refractivity contribution is 0.209.